The number of halogens is 1. The van der Waals surface area contributed by atoms with E-state index in [2.05, 4.69) is 40.2 Å². The summed E-state index contributed by atoms with van der Waals surface area (Å²) in [5, 5.41) is 0. The third-order valence-corrected chi connectivity index (χ3v) is 5.02. The molecule has 0 aliphatic heterocycles. The molecule has 0 aromatic heterocycles. The summed E-state index contributed by atoms with van der Waals surface area (Å²) >= 11 is 3.42. The van der Waals surface area contributed by atoms with Crippen LogP contribution in [0.15, 0.2) is 34.8 Å². The number of nitrogen functional groups attached to an aromatic ring is 2. The Labute approximate surface area is 134 Å². The van der Waals surface area contributed by atoms with Crippen molar-refractivity contribution in [2.75, 3.05) is 11.5 Å². The molecular formula is C18H21BrN2. The second-order valence-electron chi connectivity index (χ2n) is 5.88. The molecule has 21 heavy (non-hydrogen) atoms. The van der Waals surface area contributed by atoms with Crippen LogP contribution in [-0.4, -0.2) is 0 Å². The maximum atomic E-state index is 5.75. The van der Waals surface area contributed by atoms with E-state index in [1.807, 2.05) is 6.07 Å². The molecule has 4 N–H and O–H groups in total. The number of hydrogen-bond donors (Lipinski definition) is 2. The highest BCUT2D eigenvalue weighted by atomic mass is 79.9. The first-order valence-electron chi connectivity index (χ1n) is 7.57. The van der Waals surface area contributed by atoms with Crippen LogP contribution in [0.25, 0.3) is 0 Å². The van der Waals surface area contributed by atoms with Crippen molar-refractivity contribution in [1.82, 2.24) is 0 Å². The SMILES string of the molecule is Nc1cc2c(cc1Br)CCC2.Nc1ccc2c(c1)CCC2. The lowest BCUT2D eigenvalue weighted by molar-refractivity contribution is 0.912. The minimum Gasteiger partial charge on any atom is -0.399 e. The van der Waals surface area contributed by atoms with Crippen molar-refractivity contribution in [2.45, 2.75) is 38.5 Å². The first-order chi connectivity index (χ1) is 10.1. The molecule has 2 aliphatic rings. The predicted molar refractivity (Wildman–Crippen MR) is 93.5 cm³/mol. The van der Waals surface area contributed by atoms with E-state index in [9.17, 15) is 0 Å². The summed E-state index contributed by atoms with van der Waals surface area (Å²) in [7, 11) is 0. The van der Waals surface area contributed by atoms with Gasteiger partial charge in [0.05, 0.1) is 0 Å². The summed E-state index contributed by atoms with van der Waals surface area (Å²) in [6.45, 7) is 0. The second-order valence-corrected chi connectivity index (χ2v) is 6.73. The largest absolute Gasteiger partial charge is 0.399 e. The van der Waals surface area contributed by atoms with Gasteiger partial charge in [-0.15, -0.1) is 0 Å². The minimum absolute atomic E-state index is 0.866. The standard InChI is InChI=1S/C9H10BrN.C9H11N/c10-8-4-6-2-1-3-7(6)5-9(8)11;10-9-5-4-7-2-1-3-8(7)6-9/h4-5H,1-3,11H2;4-6H,1-3,10H2. The fourth-order valence-electron chi connectivity index (χ4n) is 3.20. The van der Waals surface area contributed by atoms with Crippen molar-refractivity contribution >= 4 is 27.3 Å². The van der Waals surface area contributed by atoms with Crippen LogP contribution < -0.4 is 11.5 Å². The molecule has 0 saturated carbocycles. The molecule has 0 radical (unpaired) electrons. The highest BCUT2D eigenvalue weighted by Gasteiger charge is 2.12. The van der Waals surface area contributed by atoms with Gasteiger partial charge in [-0.05, 0) is 101 Å². The van der Waals surface area contributed by atoms with Crippen molar-refractivity contribution in [1.29, 1.82) is 0 Å². The molecule has 2 aliphatic carbocycles. The van der Waals surface area contributed by atoms with Crippen LogP contribution in [0.4, 0.5) is 11.4 Å². The molecule has 4 rings (SSSR count). The van der Waals surface area contributed by atoms with Crippen molar-refractivity contribution < 1.29 is 0 Å². The Balaban J connectivity index is 0.000000126. The van der Waals surface area contributed by atoms with Crippen LogP contribution in [0, 0.1) is 0 Å². The highest BCUT2D eigenvalue weighted by molar-refractivity contribution is 9.10. The molecule has 3 heteroatoms. The summed E-state index contributed by atoms with van der Waals surface area (Å²) in [6, 6.07) is 10.5. The molecule has 0 spiro atoms. The molecule has 0 bridgehead atoms. The molecule has 110 valence electrons. The van der Waals surface area contributed by atoms with E-state index in [4.69, 9.17) is 11.5 Å². The Kier molecular flexibility index (Phi) is 4.20. The molecule has 2 aromatic rings. The van der Waals surface area contributed by atoms with Crippen LogP contribution >= 0.6 is 15.9 Å². The third-order valence-electron chi connectivity index (χ3n) is 4.33. The average Bonchev–Trinajstić information content (AvgIpc) is 3.08. The van der Waals surface area contributed by atoms with E-state index in [1.54, 1.807) is 0 Å². The van der Waals surface area contributed by atoms with Gasteiger partial charge in [0.1, 0.15) is 0 Å². The van der Waals surface area contributed by atoms with Crippen LogP contribution in [0.5, 0.6) is 0 Å². The monoisotopic (exact) mass is 344 g/mol. The molecule has 0 fully saturated rings. The maximum Gasteiger partial charge on any atom is 0.0461 e. The second kappa shape index (κ2) is 6.10. The van der Waals surface area contributed by atoms with Crippen molar-refractivity contribution in [3.8, 4) is 0 Å². The Morgan fingerprint density at radius 2 is 1.29 bits per heavy atom. The van der Waals surface area contributed by atoms with E-state index in [-0.39, 0.29) is 0 Å². The number of rotatable bonds is 0. The van der Waals surface area contributed by atoms with Gasteiger partial charge in [-0.1, -0.05) is 6.07 Å². The third kappa shape index (κ3) is 3.24. The van der Waals surface area contributed by atoms with E-state index in [0.29, 0.717) is 0 Å². The molecule has 2 nitrogen and oxygen atoms in total. The van der Waals surface area contributed by atoms with Crippen molar-refractivity contribution in [2.24, 2.45) is 0 Å². The highest BCUT2D eigenvalue weighted by Crippen LogP contribution is 2.29. The smallest absolute Gasteiger partial charge is 0.0461 e. The first kappa shape index (κ1) is 14.5. The summed E-state index contributed by atoms with van der Waals surface area (Å²) < 4.78 is 1.04. The van der Waals surface area contributed by atoms with Gasteiger partial charge in [0.2, 0.25) is 0 Å². The molecule has 0 amide bonds. The fourth-order valence-corrected chi connectivity index (χ4v) is 3.60. The lowest BCUT2D eigenvalue weighted by Crippen LogP contribution is -1.90. The molecule has 0 unspecified atom stereocenters. The van der Waals surface area contributed by atoms with E-state index in [0.717, 1.165) is 15.8 Å². The number of nitrogens with two attached hydrogens (primary N) is 2. The zero-order chi connectivity index (χ0) is 14.8. The van der Waals surface area contributed by atoms with Gasteiger partial charge in [-0.2, -0.15) is 0 Å². The van der Waals surface area contributed by atoms with Crippen LogP contribution in [0.1, 0.15) is 35.1 Å². The van der Waals surface area contributed by atoms with Crippen LogP contribution in [0.3, 0.4) is 0 Å². The van der Waals surface area contributed by atoms with Gasteiger partial charge in [-0.3, -0.25) is 0 Å². The topological polar surface area (TPSA) is 52.0 Å². The van der Waals surface area contributed by atoms with E-state index < -0.39 is 0 Å². The lowest BCUT2D eigenvalue weighted by Gasteiger charge is -2.02. The Morgan fingerprint density at radius 3 is 2.00 bits per heavy atom. The number of aryl methyl sites for hydroxylation is 4. The van der Waals surface area contributed by atoms with Gasteiger partial charge in [0.15, 0.2) is 0 Å². The molecule has 2 aromatic carbocycles. The predicted octanol–water partition coefficient (Wildman–Crippen LogP) is 4.28. The van der Waals surface area contributed by atoms with Crippen LogP contribution in [-0.2, 0) is 25.7 Å². The maximum absolute atomic E-state index is 5.75. The summed E-state index contributed by atoms with van der Waals surface area (Å²) in [4.78, 5) is 0. The molecule has 0 heterocycles. The average molecular weight is 345 g/mol. The Hall–Kier alpha value is -1.48. The summed E-state index contributed by atoms with van der Waals surface area (Å²) in [6.07, 6.45) is 7.47. The quantitative estimate of drug-likeness (QED) is 0.701. The van der Waals surface area contributed by atoms with E-state index in [1.165, 1.54) is 60.8 Å². The van der Waals surface area contributed by atoms with Gasteiger partial charge in [-0.25, -0.2) is 0 Å². The lowest BCUT2D eigenvalue weighted by atomic mass is 10.1. The first-order valence-corrected chi connectivity index (χ1v) is 8.37. The molecular weight excluding hydrogens is 324 g/mol. The number of benzene rings is 2. The molecule has 0 atom stereocenters. The number of hydrogen-bond acceptors (Lipinski definition) is 2. The molecule has 0 saturated heterocycles. The van der Waals surface area contributed by atoms with E-state index >= 15 is 0 Å². The summed E-state index contributed by atoms with van der Waals surface area (Å²) in [5.74, 6) is 0. The number of fused-ring (bicyclic) bond motifs is 2. The number of anilines is 2. The fraction of sp³-hybridized carbons (Fsp3) is 0.333. The van der Waals surface area contributed by atoms with Crippen molar-refractivity contribution in [3.63, 3.8) is 0 Å². The van der Waals surface area contributed by atoms with Gasteiger partial charge in [0.25, 0.3) is 0 Å². The van der Waals surface area contributed by atoms with Crippen molar-refractivity contribution in [3.05, 3.63) is 57.1 Å². The van der Waals surface area contributed by atoms with Gasteiger partial charge in [0, 0.05) is 15.8 Å². The van der Waals surface area contributed by atoms with Crippen LogP contribution in [0.2, 0.25) is 0 Å². The summed E-state index contributed by atoms with van der Waals surface area (Å²) in [5.41, 5.74) is 19.0. The van der Waals surface area contributed by atoms with Gasteiger partial charge >= 0.3 is 0 Å². The van der Waals surface area contributed by atoms with Gasteiger partial charge < -0.3 is 11.5 Å². The normalized spacial score (nSPS) is 15.1. The zero-order valence-electron chi connectivity index (χ0n) is 12.2. The Morgan fingerprint density at radius 1 is 0.714 bits per heavy atom. The zero-order valence-corrected chi connectivity index (χ0v) is 13.7. The Bertz CT molecular complexity index is 636. The minimum atomic E-state index is 0.866.